The van der Waals surface area contributed by atoms with Crippen LogP contribution in [-0.4, -0.2) is 32.5 Å². The molecule has 0 unspecified atom stereocenters. The molecule has 6 heteroatoms. The number of alkyl halides is 3. The number of methoxy groups -OCH3 is 1. The molecule has 0 heterocycles. The number of carbonyl (C=O) groups excluding carboxylic acids is 1. The molecule has 15 heavy (non-hydrogen) atoms. The summed E-state index contributed by atoms with van der Waals surface area (Å²) in [6, 6.07) is 0. The molecule has 0 saturated heterocycles. The summed E-state index contributed by atoms with van der Waals surface area (Å²) in [7, 11) is 1.36. The average Bonchev–Trinajstić information content (AvgIpc) is 2.02. The normalized spacial score (nSPS) is 9.93. The van der Waals surface area contributed by atoms with E-state index in [-0.39, 0.29) is 13.2 Å². The van der Waals surface area contributed by atoms with Gasteiger partial charge in [-0.1, -0.05) is 6.08 Å². The van der Waals surface area contributed by atoms with Gasteiger partial charge < -0.3 is 9.47 Å². The quantitative estimate of drug-likeness (QED) is 0.421. The van der Waals surface area contributed by atoms with E-state index in [0.717, 1.165) is 0 Å². The summed E-state index contributed by atoms with van der Waals surface area (Å²) < 4.78 is 43.1. The van der Waals surface area contributed by atoms with Crippen molar-refractivity contribution in [1.82, 2.24) is 0 Å². The first-order valence-corrected chi connectivity index (χ1v) is 4.15. The van der Waals surface area contributed by atoms with Crippen molar-refractivity contribution in [2.75, 3.05) is 20.3 Å². The number of halogens is 3. The number of hydrogen-bond donors (Lipinski definition) is 0. The van der Waals surface area contributed by atoms with E-state index in [1.165, 1.54) is 7.11 Å². The predicted molar refractivity (Wildman–Crippen MR) is 49.4 cm³/mol. The second-order valence-electron chi connectivity index (χ2n) is 2.41. The first-order chi connectivity index (χ1) is 6.87. The average molecular weight is 228 g/mol. The van der Waals surface area contributed by atoms with Gasteiger partial charge in [-0.25, -0.2) is 0 Å². The van der Waals surface area contributed by atoms with Crippen LogP contribution < -0.4 is 0 Å². The maximum Gasteiger partial charge on any atom is 0.399 e. The number of esters is 1. The van der Waals surface area contributed by atoms with Crippen molar-refractivity contribution in [3.05, 3.63) is 12.7 Å². The molecule has 0 atom stereocenters. The van der Waals surface area contributed by atoms with Crippen molar-refractivity contribution in [2.45, 2.75) is 19.5 Å². The van der Waals surface area contributed by atoms with Gasteiger partial charge >= 0.3 is 12.1 Å². The van der Waals surface area contributed by atoms with E-state index in [1.54, 1.807) is 6.08 Å². The number of rotatable bonds is 4. The summed E-state index contributed by atoms with van der Waals surface area (Å²) in [4.78, 5) is 10.3. The topological polar surface area (TPSA) is 35.5 Å². The van der Waals surface area contributed by atoms with Crippen molar-refractivity contribution in [1.29, 1.82) is 0 Å². The van der Waals surface area contributed by atoms with Gasteiger partial charge in [0.2, 0.25) is 0 Å². The Morgan fingerprint density at radius 3 is 2.20 bits per heavy atom. The molecule has 0 aliphatic heterocycles. The first kappa shape index (κ1) is 16.4. The zero-order chi connectivity index (χ0) is 12.3. The Balaban J connectivity index is 0. The first-order valence-electron chi connectivity index (χ1n) is 4.15. The van der Waals surface area contributed by atoms with Crippen LogP contribution in [0.2, 0.25) is 0 Å². The lowest BCUT2D eigenvalue weighted by Gasteiger charge is -2.06. The summed E-state index contributed by atoms with van der Waals surface area (Å²) in [5, 5.41) is 0. The van der Waals surface area contributed by atoms with E-state index in [0.29, 0.717) is 0 Å². The van der Waals surface area contributed by atoms with Gasteiger partial charge in [-0.15, -0.1) is 6.58 Å². The minimum absolute atomic E-state index is 0.101. The van der Waals surface area contributed by atoms with E-state index in [9.17, 15) is 18.0 Å². The molecule has 0 aliphatic rings. The van der Waals surface area contributed by atoms with Crippen molar-refractivity contribution in [2.24, 2.45) is 0 Å². The molecule has 0 aromatic heterocycles. The Labute approximate surface area is 86.9 Å². The summed E-state index contributed by atoms with van der Waals surface area (Å²) >= 11 is 0. The number of hydrogen-bond acceptors (Lipinski definition) is 3. The van der Waals surface area contributed by atoms with Gasteiger partial charge in [-0.3, -0.25) is 4.79 Å². The Hall–Kier alpha value is -1.04. The summed E-state index contributed by atoms with van der Waals surface area (Å²) in [5.74, 6) is -1.28. The van der Waals surface area contributed by atoms with Gasteiger partial charge in [0.25, 0.3) is 0 Å². The molecule has 0 spiro atoms. The van der Waals surface area contributed by atoms with E-state index < -0.39 is 18.6 Å². The molecular formula is C9H15F3O3. The van der Waals surface area contributed by atoms with Crippen LogP contribution in [0.25, 0.3) is 0 Å². The third-order valence-electron chi connectivity index (χ3n) is 0.895. The summed E-state index contributed by atoms with van der Waals surface area (Å²) in [6.07, 6.45) is -4.29. The lowest BCUT2D eigenvalue weighted by molar-refractivity contribution is -0.172. The number of carbonyl (C=O) groups is 1. The molecule has 0 saturated carbocycles. The lowest BCUT2D eigenvalue weighted by atomic mass is 10.4. The highest BCUT2D eigenvalue weighted by Crippen LogP contribution is 2.19. The largest absolute Gasteiger partial charge is 0.463 e. The standard InChI is InChI=1S/C6H9F3O3.C3H6/c1-11-2-3-12-5(10)4-6(7,8)9;1-3-2/h2-4H2,1H3;3H,1H2,2H3. The maximum absolute atomic E-state index is 11.5. The molecule has 3 nitrogen and oxygen atoms in total. The van der Waals surface area contributed by atoms with Gasteiger partial charge in [0.05, 0.1) is 6.61 Å². The molecule has 0 radical (unpaired) electrons. The zero-order valence-corrected chi connectivity index (χ0v) is 8.76. The van der Waals surface area contributed by atoms with E-state index in [2.05, 4.69) is 16.1 Å². The number of allylic oxidation sites excluding steroid dienone is 1. The highest BCUT2D eigenvalue weighted by atomic mass is 19.4. The lowest BCUT2D eigenvalue weighted by Crippen LogP contribution is -2.18. The monoisotopic (exact) mass is 228 g/mol. The SMILES string of the molecule is C=CC.COCCOC(=O)CC(F)(F)F. The van der Waals surface area contributed by atoms with Crippen LogP contribution in [0.5, 0.6) is 0 Å². The Kier molecular flexibility index (Phi) is 10.4. The number of ether oxygens (including phenoxy) is 2. The van der Waals surface area contributed by atoms with Crippen LogP contribution in [0.4, 0.5) is 13.2 Å². The fourth-order valence-corrected chi connectivity index (χ4v) is 0.454. The summed E-state index contributed by atoms with van der Waals surface area (Å²) in [5.41, 5.74) is 0. The Morgan fingerprint density at radius 2 is 1.87 bits per heavy atom. The highest BCUT2D eigenvalue weighted by Gasteiger charge is 2.31. The Bertz CT molecular complexity index is 178. The molecule has 0 aromatic carbocycles. The van der Waals surface area contributed by atoms with Gasteiger partial charge in [0.15, 0.2) is 0 Å². The van der Waals surface area contributed by atoms with Crippen molar-refractivity contribution in [3.63, 3.8) is 0 Å². The Morgan fingerprint density at radius 1 is 1.40 bits per heavy atom. The van der Waals surface area contributed by atoms with Crippen LogP contribution in [0.3, 0.4) is 0 Å². The minimum atomic E-state index is -4.50. The maximum atomic E-state index is 11.5. The third kappa shape index (κ3) is 19.4. The minimum Gasteiger partial charge on any atom is -0.463 e. The van der Waals surface area contributed by atoms with E-state index >= 15 is 0 Å². The molecule has 0 fully saturated rings. The van der Waals surface area contributed by atoms with Gasteiger partial charge in [0.1, 0.15) is 13.0 Å². The second kappa shape index (κ2) is 9.51. The van der Waals surface area contributed by atoms with Crippen LogP contribution >= 0.6 is 0 Å². The van der Waals surface area contributed by atoms with Crippen molar-refractivity contribution >= 4 is 5.97 Å². The summed E-state index contributed by atoms with van der Waals surface area (Å²) in [6.45, 7) is 5.20. The smallest absolute Gasteiger partial charge is 0.399 e. The van der Waals surface area contributed by atoms with Gasteiger partial charge in [-0.2, -0.15) is 13.2 Å². The van der Waals surface area contributed by atoms with Gasteiger partial charge in [-0.05, 0) is 6.92 Å². The zero-order valence-electron chi connectivity index (χ0n) is 8.76. The molecule has 0 rings (SSSR count). The molecule has 90 valence electrons. The molecule has 0 amide bonds. The second-order valence-corrected chi connectivity index (χ2v) is 2.41. The molecular weight excluding hydrogens is 213 g/mol. The van der Waals surface area contributed by atoms with E-state index in [1.807, 2.05) is 6.92 Å². The van der Waals surface area contributed by atoms with Crippen LogP contribution in [0, 0.1) is 0 Å². The van der Waals surface area contributed by atoms with Crippen molar-refractivity contribution in [3.8, 4) is 0 Å². The fraction of sp³-hybridized carbons (Fsp3) is 0.667. The van der Waals surface area contributed by atoms with Crippen LogP contribution in [0.15, 0.2) is 12.7 Å². The van der Waals surface area contributed by atoms with Crippen LogP contribution in [0.1, 0.15) is 13.3 Å². The molecule has 0 N–H and O–H groups in total. The van der Waals surface area contributed by atoms with E-state index in [4.69, 9.17) is 0 Å². The molecule has 0 bridgehead atoms. The van der Waals surface area contributed by atoms with Gasteiger partial charge in [0, 0.05) is 7.11 Å². The fourth-order valence-electron chi connectivity index (χ4n) is 0.454. The molecule has 0 aliphatic carbocycles. The highest BCUT2D eigenvalue weighted by molar-refractivity contribution is 5.70. The van der Waals surface area contributed by atoms with Crippen molar-refractivity contribution < 1.29 is 27.4 Å². The predicted octanol–water partition coefficient (Wildman–Crippen LogP) is 2.32. The van der Waals surface area contributed by atoms with Crippen LogP contribution in [-0.2, 0) is 14.3 Å². The molecule has 0 aromatic rings. The third-order valence-corrected chi connectivity index (χ3v) is 0.895.